The topological polar surface area (TPSA) is 43.1 Å². The van der Waals surface area contributed by atoms with Crippen LogP contribution in [0.1, 0.15) is 26.2 Å². The van der Waals surface area contributed by atoms with Gasteiger partial charge in [-0.25, -0.2) is 0 Å². The number of nitro groups is 1. The fourth-order valence-electron chi connectivity index (χ4n) is 1.56. The SMILES string of the molecule is CC(CC1CCCSC1)[N+](=O)[O-]. The van der Waals surface area contributed by atoms with Gasteiger partial charge in [0.15, 0.2) is 0 Å². The number of hydrogen-bond acceptors (Lipinski definition) is 3. The Morgan fingerprint density at radius 3 is 3.00 bits per heavy atom. The lowest BCUT2D eigenvalue weighted by atomic mass is 9.98. The zero-order valence-electron chi connectivity index (χ0n) is 7.36. The largest absolute Gasteiger partial charge is 0.264 e. The van der Waals surface area contributed by atoms with Crippen LogP contribution in [0, 0.1) is 16.0 Å². The minimum absolute atomic E-state index is 0.167. The van der Waals surface area contributed by atoms with Gasteiger partial charge < -0.3 is 0 Å². The van der Waals surface area contributed by atoms with E-state index in [1.54, 1.807) is 6.92 Å². The summed E-state index contributed by atoms with van der Waals surface area (Å²) in [5, 5.41) is 10.4. The zero-order valence-corrected chi connectivity index (χ0v) is 8.18. The molecule has 12 heavy (non-hydrogen) atoms. The van der Waals surface area contributed by atoms with E-state index in [4.69, 9.17) is 0 Å². The summed E-state index contributed by atoms with van der Waals surface area (Å²) in [6.45, 7) is 1.71. The van der Waals surface area contributed by atoms with Gasteiger partial charge >= 0.3 is 0 Å². The molecule has 0 aromatic rings. The van der Waals surface area contributed by atoms with E-state index in [1.807, 2.05) is 11.8 Å². The molecule has 0 aromatic heterocycles. The van der Waals surface area contributed by atoms with E-state index in [0.29, 0.717) is 5.92 Å². The highest BCUT2D eigenvalue weighted by molar-refractivity contribution is 7.99. The third-order valence-electron chi connectivity index (χ3n) is 2.29. The predicted molar refractivity (Wildman–Crippen MR) is 51.1 cm³/mol. The van der Waals surface area contributed by atoms with Crippen LogP contribution in [-0.2, 0) is 0 Å². The Morgan fingerprint density at radius 1 is 1.75 bits per heavy atom. The van der Waals surface area contributed by atoms with Crippen LogP contribution in [0.25, 0.3) is 0 Å². The fourth-order valence-corrected chi connectivity index (χ4v) is 2.74. The van der Waals surface area contributed by atoms with Gasteiger partial charge in [0.2, 0.25) is 6.04 Å². The molecule has 70 valence electrons. The number of rotatable bonds is 3. The molecule has 0 saturated carbocycles. The van der Waals surface area contributed by atoms with Gasteiger partial charge in [-0.3, -0.25) is 10.1 Å². The molecule has 2 atom stereocenters. The van der Waals surface area contributed by atoms with Gasteiger partial charge in [0.1, 0.15) is 0 Å². The first-order chi connectivity index (χ1) is 5.70. The molecule has 2 unspecified atom stereocenters. The smallest absolute Gasteiger partial charge is 0.210 e. The molecule has 0 bridgehead atoms. The highest BCUT2D eigenvalue weighted by atomic mass is 32.2. The van der Waals surface area contributed by atoms with E-state index >= 15 is 0 Å². The predicted octanol–water partition coefficient (Wildman–Crippen LogP) is 2.18. The first-order valence-corrected chi connectivity index (χ1v) is 5.57. The summed E-state index contributed by atoms with van der Waals surface area (Å²) in [6, 6.07) is -0.353. The maximum Gasteiger partial charge on any atom is 0.210 e. The molecule has 1 heterocycles. The first kappa shape index (κ1) is 9.84. The van der Waals surface area contributed by atoms with Crippen LogP contribution < -0.4 is 0 Å². The summed E-state index contributed by atoms with van der Waals surface area (Å²) in [5.41, 5.74) is 0. The monoisotopic (exact) mass is 189 g/mol. The highest BCUT2D eigenvalue weighted by Crippen LogP contribution is 2.26. The van der Waals surface area contributed by atoms with Crippen molar-refractivity contribution in [2.75, 3.05) is 11.5 Å². The summed E-state index contributed by atoms with van der Waals surface area (Å²) in [6.07, 6.45) is 3.19. The van der Waals surface area contributed by atoms with Gasteiger partial charge in [-0.1, -0.05) is 0 Å². The van der Waals surface area contributed by atoms with Crippen molar-refractivity contribution in [2.24, 2.45) is 5.92 Å². The average Bonchev–Trinajstić information content (AvgIpc) is 2.06. The van der Waals surface area contributed by atoms with Gasteiger partial charge in [-0.2, -0.15) is 11.8 Å². The van der Waals surface area contributed by atoms with Gasteiger partial charge in [0, 0.05) is 18.3 Å². The summed E-state index contributed by atoms with van der Waals surface area (Å²) in [4.78, 5) is 10.2. The summed E-state index contributed by atoms with van der Waals surface area (Å²) in [5.74, 6) is 2.95. The zero-order chi connectivity index (χ0) is 8.97. The summed E-state index contributed by atoms with van der Waals surface area (Å²) in [7, 11) is 0. The lowest BCUT2D eigenvalue weighted by molar-refractivity contribution is -0.520. The van der Waals surface area contributed by atoms with Crippen molar-refractivity contribution in [3.63, 3.8) is 0 Å². The molecule has 3 nitrogen and oxygen atoms in total. The molecule has 0 aliphatic carbocycles. The van der Waals surface area contributed by atoms with Crippen LogP contribution in [0.4, 0.5) is 0 Å². The second kappa shape index (κ2) is 4.70. The molecule has 0 amide bonds. The second-order valence-electron chi connectivity index (χ2n) is 3.45. The standard InChI is InChI=1S/C8H15NO2S/c1-7(9(10)11)5-8-3-2-4-12-6-8/h7-8H,2-6H2,1H3. The molecule has 1 saturated heterocycles. The molecule has 1 aliphatic heterocycles. The van der Waals surface area contributed by atoms with E-state index in [0.717, 1.165) is 12.2 Å². The molecular formula is C8H15NO2S. The molecular weight excluding hydrogens is 174 g/mol. The van der Waals surface area contributed by atoms with Crippen LogP contribution in [0.5, 0.6) is 0 Å². The normalized spacial score (nSPS) is 26.6. The quantitative estimate of drug-likeness (QED) is 0.505. The minimum Gasteiger partial charge on any atom is -0.264 e. The molecule has 0 N–H and O–H groups in total. The number of hydrogen-bond donors (Lipinski definition) is 0. The van der Waals surface area contributed by atoms with E-state index in [-0.39, 0.29) is 11.0 Å². The third kappa shape index (κ3) is 3.01. The molecule has 1 fully saturated rings. The van der Waals surface area contributed by atoms with E-state index < -0.39 is 0 Å². The Balaban J connectivity index is 2.24. The lowest BCUT2D eigenvalue weighted by Gasteiger charge is -2.21. The van der Waals surface area contributed by atoms with Crippen molar-refractivity contribution in [1.29, 1.82) is 0 Å². The highest BCUT2D eigenvalue weighted by Gasteiger charge is 2.21. The summed E-state index contributed by atoms with van der Waals surface area (Å²) < 4.78 is 0. The van der Waals surface area contributed by atoms with Crippen LogP contribution >= 0.6 is 11.8 Å². The summed E-state index contributed by atoms with van der Waals surface area (Å²) >= 11 is 1.93. The van der Waals surface area contributed by atoms with E-state index in [1.165, 1.54) is 18.6 Å². The molecule has 1 rings (SSSR count). The Morgan fingerprint density at radius 2 is 2.50 bits per heavy atom. The van der Waals surface area contributed by atoms with Crippen molar-refractivity contribution >= 4 is 11.8 Å². The molecule has 0 aromatic carbocycles. The second-order valence-corrected chi connectivity index (χ2v) is 4.60. The lowest BCUT2D eigenvalue weighted by Crippen LogP contribution is -2.22. The van der Waals surface area contributed by atoms with Gasteiger partial charge in [-0.05, 0) is 30.3 Å². The van der Waals surface area contributed by atoms with Crippen LogP contribution in [0.15, 0.2) is 0 Å². The van der Waals surface area contributed by atoms with Crippen LogP contribution in [-0.4, -0.2) is 22.5 Å². The van der Waals surface area contributed by atoms with E-state index in [9.17, 15) is 10.1 Å². The van der Waals surface area contributed by atoms with Crippen molar-refractivity contribution < 1.29 is 4.92 Å². The van der Waals surface area contributed by atoms with Crippen LogP contribution in [0.3, 0.4) is 0 Å². The van der Waals surface area contributed by atoms with Crippen molar-refractivity contribution in [2.45, 2.75) is 32.2 Å². The molecule has 1 aliphatic rings. The minimum atomic E-state index is -0.353. The maximum absolute atomic E-state index is 10.4. The Bertz CT molecular complexity index is 157. The molecule has 0 spiro atoms. The third-order valence-corrected chi connectivity index (χ3v) is 3.57. The van der Waals surface area contributed by atoms with Crippen molar-refractivity contribution in [3.8, 4) is 0 Å². The average molecular weight is 189 g/mol. The van der Waals surface area contributed by atoms with Crippen molar-refractivity contribution in [1.82, 2.24) is 0 Å². The maximum atomic E-state index is 10.4. The Hall–Kier alpha value is -0.250. The van der Waals surface area contributed by atoms with Gasteiger partial charge in [-0.15, -0.1) is 0 Å². The number of thioether (sulfide) groups is 1. The van der Waals surface area contributed by atoms with Gasteiger partial charge in [0.25, 0.3) is 0 Å². The van der Waals surface area contributed by atoms with Crippen LogP contribution in [0.2, 0.25) is 0 Å². The Labute approximate surface area is 77.1 Å². The Kier molecular flexibility index (Phi) is 3.85. The van der Waals surface area contributed by atoms with Gasteiger partial charge in [0.05, 0.1) is 0 Å². The van der Waals surface area contributed by atoms with Crippen molar-refractivity contribution in [3.05, 3.63) is 10.1 Å². The fraction of sp³-hybridized carbons (Fsp3) is 1.00. The van der Waals surface area contributed by atoms with E-state index in [2.05, 4.69) is 0 Å². The molecule has 4 heteroatoms. The molecule has 0 radical (unpaired) electrons. The first-order valence-electron chi connectivity index (χ1n) is 4.41. The number of nitrogens with zero attached hydrogens (tertiary/aromatic N) is 1.